The molecule has 192 valence electrons. The Morgan fingerprint density at radius 3 is 2.64 bits per heavy atom. The van der Waals surface area contributed by atoms with Crippen LogP contribution in [0.2, 0.25) is 0 Å². The number of nitrogens with two attached hydrogens (primary N) is 1. The van der Waals surface area contributed by atoms with Gasteiger partial charge in [0.05, 0.1) is 19.4 Å². The van der Waals surface area contributed by atoms with Gasteiger partial charge in [0.2, 0.25) is 5.89 Å². The standard InChI is InChI=1S/C21H21N3O3S2.C5H10O2/c1-26-17-5-3-2-4-14(17)6-7-16-12-15(8-11-28-22)20(25)24-13-18(29-21(16)24)19-23-9-10-27-19;6-5-1-3-7-4-2-5/h2-5,9-10,12-13H,6-8,11,22H2,1H3;5-6H,1-4H2. The lowest BCUT2D eigenvalue weighted by atomic mass is 10.0. The molecule has 1 aliphatic rings. The fourth-order valence-electron chi connectivity index (χ4n) is 4.05. The summed E-state index contributed by atoms with van der Waals surface area (Å²) in [4.78, 5) is 19.0. The molecule has 4 aromatic rings. The van der Waals surface area contributed by atoms with Crippen LogP contribution in [0, 0.1) is 0 Å². The van der Waals surface area contributed by atoms with Gasteiger partial charge in [-0.1, -0.05) is 30.1 Å². The quantitative estimate of drug-likeness (QED) is 0.328. The highest BCUT2D eigenvalue weighted by Gasteiger charge is 2.16. The Bertz CT molecular complexity index is 1300. The van der Waals surface area contributed by atoms with Crippen LogP contribution >= 0.6 is 23.3 Å². The van der Waals surface area contributed by atoms with Gasteiger partial charge in [0, 0.05) is 30.7 Å². The fraction of sp³-hybridized carbons (Fsp3) is 0.385. The number of pyridine rings is 1. The van der Waals surface area contributed by atoms with E-state index in [-0.39, 0.29) is 11.7 Å². The minimum absolute atomic E-state index is 0.0100. The average molecular weight is 530 g/mol. The number of ether oxygens (including phenoxy) is 2. The third kappa shape index (κ3) is 6.57. The van der Waals surface area contributed by atoms with E-state index in [1.165, 1.54) is 29.5 Å². The molecule has 1 fully saturated rings. The molecule has 1 saturated heterocycles. The number of aryl methyl sites for hydroxylation is 3. The number of para-hydroxylation sites is 1. The third-order valence-electron chi connectivity index (χ3n) is 5.97. The molecule has 0 unspecified atom stereocenters. The highest BCUT2D eigenvalue weighted by Crippen LogP contribution is 2.30. The first-order valence-electron chi connectivity index (χ1n) is 11.9. The number of aromatic nitrogens is 2. The van der Waals surface area contributed by atoms with E-state index in [0.29, 0.717) is 18.1 Å². The summed E-state index contributed by atoms with van der Waals surface area (Å²) >= 11 is 2.77. The molecule has 36 heavy (non-hydrogen) atoms. The monoisotopic (exact) mass is 529 g/mol. The minimum Gasteiger partial charge on any atom is -0.496 e. The van der Waals surface area contributed by atoms with Gasteiger partial charge in [0.15, 0.2) is 0 Å². The van der Waals surface area contributed by atoms with Crippen LogP contribution in [0.25, 0.3) is 15.6 Å². The van der Waals surface area contributed by atoms with Gasteiger partial charge in [-0.2, -0.15) is 0 Å². The molecule has 10 heteroatoms. The van der Waals surface area contributed by atoms with Crippen LogP contribution in [0.4, 0.5) is 0 Å². The van der Waals surface area contributed by atoms with Crippen LogP contribution in [-0.4, -0.2) is 46.7 Å². The van der Waals surface area contributed by atoms with Crippen molar-refractivity contribution in [1.29, 1.82) is 0 Å². The van der Waals surface area contributed by atoms with Crippen molar-refractivity contribution in [3.63, 3.8) is 0 Å². The topological polar surface area (TPSA) is 112 Å². The normalized spacial score (nSPS) is 14.0. The van der Waals surface area contributed by atoms with Gasteiger partial charge in [0.1, 0.15) is 21.7 Å². The Kier molecular flexibility index (Phi) is 9.60. The SMILES string of the molecule is COc1ccccc1CCc1cc(CCSN)c(=O)n2cc(-c3ncco3)sc12.OC1CCOCC1. The molecule has 0 amide bonds. The van der Waals surface area contributed by atoms with Crippen LogP contribution < -0.4 is 15.4 Å². The largest absolute Gasteiger partial charge is 0.496 e. The van der Waals surface area contributed by atoms with Crippen LogP contribution in [-0.2, 0) is 24.0 Å². The van der Waals surface area contributed by atoms with Crippen molar-refractivity contribution >= 4 is 28.1 Å². The molecule has 4 heterocycles. The lowest BCUT2D eigenvalue weighted by molar-refractivity contribution is 0.0140. The van der Waals surface area contributed by atoms with Gasteiger partial charge < -0.3 is 19.0 Å². The first kappa shape index (κ1) is 26.4. The van der Waals surface area contributed by atoms with E-state index in [0.717, 1.165) is 71.0 Å². The molecule has 0 spiro atoms. The van der Waals surface area contributed by atoms with E-state index in [4.69, 9.17) is 24.1 Å². The van der Waals surface area contributed by atoms with E-state index in [1.54, 1.807) is 17.7 Å². The molecule has 1 aliphatic heterocycles. The number of oxazole rings is 1. The fourth-order valence-corrected chi connectivity index (χ4v) is 5.47. The highest BCUT2D eigenvalue weighted by atomic mass is 32.2. The van der Waals surface area contributed by atoms with Gasteiger partial charge >= 0.3 is 0 Å². The van der Waals surface area contributed by atoms with Crippen LogP contribution in [0.3, 0.4) is 0 Å². The van der Waals surface area contributed by atoms with Crippen LogP contribution in [0.5, 0.6) is 5.75 Å². The number of fused-ring (bicyclic) bond motifs is 1. The Balaban J connectivity index is 0.000000375. The maximum atomic E-state index is 13.0. The number of benzene rings is 1. The Hall–Kier alpha value is -2.63. The van der Waals surface area contributed by atoms with E-state index < -0.39 is 0 Å². The number of rotatable bonds is 8. The van der Waals surface area contributed by atoms with E-state index in [2.05, 4.69) is 11.1 Å². The summed E-state index contributed by atoms with van der Waals surface area (Å²) < 4.78 is 17.6. The second kappa shape index (κ2) is 13.1. The predicted molar refractivity (Wildman–Crippen MR) is 144 cm³/mol. The first-order chi connectivity index (χ1) is 17.6. The Morgan fingerprint density at radius 2 is 1.97 bits per heavy atom. The summed E-state index contributed by atoms with van der Waals surface area (Å²) in [5.41, 5.74) is 3.02. The minimum atomic E-state index is -0.0891. The number of aliphatic hydroxyl groups excluding tert-OH is 1. The molecule has 3 aromatic heterocycles. The molecule has 5 rings (SSSR count). The smallest absolute Gasteiger partial charge is 0.258 e. The number of hydrogen-bond acceptors (Lipinski definition) is 9. The summed E-state index contributed by atoms with van der Waals surface area (Å²) in [7, 11) is 1.68. The number of nitrogens with zero attached hydrogens (tertiary/aromatic N) is 2. The summed E-state index contributed by atoms with van der Waals surface area (Å²) in [6, 6.07) is 10.0. The summed E-state index contributed by atoms with van der Waals surface area (Å²) in [5.74, 6) is 2.10. The zero-order valence-electron chi connectivity index (χ0n) is 20.2. The zero-order chi connectivity index (χ0) is 25.3. The van der Waals surface area contributed by atoms with Crippen LogP contribution in [0.1, 0.15) is 29.5 Å². The second-order valence-corrected chi connectivity index (χ2v) is 10.2. The van der Waals surface area contributed by atoms with E-state index in [9.17, 15) is 4.79 Å². The molecular weight excluding hydrogens is 498 g/mol. The summed E-state index contributed by atoms with van der Waals surface area (Å²) in [6.45, 7) is 1.47. The van der Waals surface area contributed by atoms with E-state index >= 15 is 0 Å². The van der Waals surface area contributed by atoms with Crippen molar-refractivity contribution in [1.82, 2.24) is 9.38 Å². The molecule has 0 aliphatic carbocycles. The number of methoxy groups -OCH3 is 1. The predicted octanol–water partition coefficient (Wildman–Crippen LogP) is 4.12. The maximum absolute atomic E-state index is 13.0. The van der Waals surface area contributed by atoms with Gasteiger partial charge in [-0.3, -0.25) is 14.3 Å². The molecular formula is C26H31N3O5S2. The van der Waals surface area contributed by atoms with Crippen molar-refractivity contribution in [3.05, 3.63) is 76.0 Å². The average Bonchev–Trinajstić information content (AvgIpc) is 3.60. The van der Waals surface area contributed by atoms with Gasteiger partial charge in [0.25, 0.3) is 5.56 Å². The van der Waals surface area contributed by atoms with Crippen LogP contribution in [0.15, 0.2) is 58.2 Å². The third-order valence-corrected chi connectivity index (χ3v) is 7.56. The molecule has 0 saturated carbocycles. The van der Waals surface area contributed by atoms with Gasteiger partial charge in [-0.05, 0) is 55.4 Å². The first-order valence-corrected chi connectivity index (χ1v) is 13.7. The molecule has 0 atom stereocenters. The Morgan fingerprint density at radius 1 is 1.19 bits per heavy atom. The molecule has 0 bridgehead atoms. The van der Waals surface area contributed by atoms with Crippen molar-refractivity contribution in [3.8, 4) is 16.5 Å². The van der Waals surface area contributed by atoms with Gasteiger partial charge in [-0.15, -0.1) is 11.3 Å². The van der Waals surface area contributed by atoms with Crippen molar-refractivity contribution in [2.75, 3.05) is 26.1 Å². The number of aliphatic hydroxyl groups is 1. The summed E-state index contributed by atoms with van der Waals surface area (Å²) in [5, 5.41) is 14.4. The van der Waals surface area contributed by atoms with Crippen molar-refractivity contribution in [2.24, 2.45) is 5.14 Å². The van der Waals surface area contributed by atoms with Crippen molar-refractivity contribution < 1.29 is 19.0 Å². The highest BCUT2D eigenvalue weighted by molar-refractivity contribution is 7.97. The molecule has 8 nitrogen and oxygen atoms in total. The number of thiazole rings is 1. The number of hydrogen-bond donors (Lipinski definition) is 2. The zero-order valence-corrected chi connectivity index (χ0v) is 21.9. The second-order valence-electron chi connectivity index (χ2n) is 8.38. The van der Waals surface area contributed by atoms with Gasteiger partial charge in [-0.25, -0.2) is 4.98 Å². The molecule has 1 aromatic carbocycles. The molecule has 3 N–H and O–H groups in total. The Labute approximate surface area is 218 Å². The maximum Gasteiger partial charge on any atom is 0.258 e. The van der Waals surface area contributed by atoms with Crippen molar-refractivity contribution in [2.45, 2.75) is 38.2 Å². The lowest BCUT2D eigenvalue weighted by Crippen LogP contribution is -2.19. The summed E-state index contributed by atoms with van der Waals surface area (Å²) in [6.07, 6.45) is 8.75. The van der Waals surface area contributed by atoms with E-state index in [1.807, 2.05) is 30.5 Å². The molecule has 0 radical (unpaired) electrons. The lowest BCUT2D eigenvalue weighted by Gasteiger charge is -2.15.